The maximum Gasteiger partial charge on any atom is 0.491 e. The van der Waals surface area contributed by atoms with Crippen LogP contribution in [0.5, 0.6) is 0 Å². The molecule has 174 valence electrons. The zero-order valence-electron chi connectivity index (χ0n) is 16.6. The second kappa shape index (κ2) is 11.5. The molecule has 7 atom stereocenters. The first-order valence-corrected chi connectivity index (χ1v) is 10.2. The Morgan fingerprint density at radius 3 is 1.97 bits per heavy atom. The Balaban J connectivity index is 6.06. The lowest BCUT2D eigenvalue weighted by atomic mass is 9.73. The van der Waals surface area contributed by atoms with Crippen LogP contribution in [0.1, 0.15) is 46.5 Å². The van der Waals surface area contributed by atoms with Crippen LogP contribution in [0.2, 0.25) is 0 Å². The highest BCUT2D eigenvalue weighted by molar-refractivity contribution is 7.84. The molecule has 1 amide bonds. The third-order valence-corrected chi connectivity index (χ3v) is 5.99. The van der Waals surface area contributed by atoms with E-state index >= 15 is 4.39 Å². The first kappa shape index (κ1) is 28.1. The number of amides is 1. The predicted molar refractivity (Wildman–Crippen MR) is 93.9 cm³/mol. The standard InChI is InChI=1S/C17H27F8NO2S/c1-5-7-11(19)14(21)13(20)10(3)12(16(22,6-2)8-9-18)15(27)26(4)29(28)17(23,24)25/h10-14H,5-9H2,1-4H3/t10?,11-,12?,13-,14?,16+,29?/m0/s1. The maximum atomic E-state index is 15.3. The molecule has 0 saturated heterocycles. The number of hydrogen-bond donors (Lipinski definition) is 0. The first-order chi connectivity index (χ1) is 13.2. The number of nitrogens with zero attached hydrogens (tertiary/aromatic N) is 1. The van der Waals surface area contributed by atoms with E-state index in [0.717, 1.165) is 13.8 Å². The van der Waals surface area contributed by atoms with E-state index in [1.54, 1.807) is 0 Å². The summed E-state index contributed by atoms with van der Waals surface area (Å²) >= 11 is 0. The molecule has 29 heavy (non-hydrogen) atoms. The van der Waals surface area contributed by atoms with E-state index < -0.39 is 77.9 Å². The van der Waals surface area contributed by atoms with Gasteiger partial charge in [0.05, 0.1) is 12.6 Å². The van der Waals surface area contributed by atoms with Gasteiger partial charge in [0.1, 0.15) is 18.0 Å². The van der Waals surface area contributed by atoms with Crippen molar-refractivity contribution in [2.75, 3.05) is 13.7 Å². The van der Waals surface area contributed by atoms with Gasteiger partial charge in [-0.2, -0.15) is 13.2 Å². The van der Waals surface area contributed by atoms with E-state index in [2.05, 4.69) is 0 Å². The summed E-state index contributed by atoms with van der Waals surface area (Å²) in [6.07, 6.45) is -9.56. The van der Waals surface area contributed by atoms with Gasteiger partial charge >= 0.3 is 5.51 Å². The molecule has 0 spiro atoms. The van der Waals surface area contributed by atoms with Crippen LogP contribution in [0.4, 0.5) is 35.1 Å². The van der Waals surface area contributed by atoms with Gasteiger partial charge in [0.25, 0.3) is 0 Å². The number of hydrogen-bond acceptors (Lipinski definition) is 2. The fourth-order valence-electron chi connectivity index (χ4n) is 3.17. The van der Waals surface area contributed by atoms with Crippen LogP contribution in [0.15, 0.2) is 0 Å². The lowest BCUT2D eigenvalue weighted by molar-refractivity contribution is -0.143. The van der Waals surface area contributed by atoms with E-state index in [1.165, 1.54) is 6.92 Å². The van der Waals surface area contributed by atoms with Gasteiger partial charge in [-0.05, 0) is 12.8 Å². The van der Waals surface area contributed by atoms with Crippen molar-refractivity contribution in [3.05, 3.63) is 0 Å². The number of rotatable bonds is 12. The molecule has 12 heteroatoms. The Bertz CT molecular complexity index is 550. The molecule has 4 unspecified atom stereocenters. The number of carbonyl (C=O) groups is 1. The van der Waals surface area contributed by atoms with Crippen molar-refractivity contribution in [3.8, 4) is 0 Å². The van der Waals surface area contributed by atoms with Gasteiger partial charge in [-0.15, -0.1) is 0 Å². The fraction of sp³-hybridized carbons (Fsp3) is 0.941. The summed E-state index contributed by atoms with van der Waals surface area (Å²) in [6, 6.07) is 0. The van der Waals surface area contributed by atoms with Gasteiger partial charge in [0.2, 0.25) is 16.9 Å². The number of halogens is 8. The van der Waals surface area contributed by atoms with Crippen molar-refractivity contribution in [1.29, 1.82) is 0 Å². The smallest absolute Gasteiger partial charge is 0.273 e. The van der Waals surface area contributed by atoms with Gasteiger partial charge < -0.3 is 0 Å². The van der Waals surface area contributed by atoms with Crippen LogP contribution >= 0.6 is 0 Å². The minimum Gasteiger partial charge on any atom is -0.273 e. The minimum absolute atomic E-state index is 0.169. The molecule has 0 fully saturated rings. The van der Waals surface area contributed by atoms with Crippen molar-refractivity contribution >= 4 is 16.9 Å². The van der Waals surface area contributed by atoms with Crippen LogP contribution in [0, 0.1) is 11.8 Å². The summed E-state index contributed by atoms with van der Waals surface area (Å²) in [5.41, 5.74) is -8.22. The van der Waals surface area contributed by atoms with E-state index in [0.29, 0.717) is 7.05 Å². The molecular weight excluding hydrogens is 434 g/mol. The number of alkyl halides is 8. The Labute approximate surface area is 167 Å². The summed E-state index contributed by atoms with van der Waals surface area (Å²) in [4.78, 5) is 12.6. The molecule has 0 aliphatic heterocycles. The average Bonchev–Trinajstić information content (AvgIpc) is 2.64. The molecule has 0 aliphatic carbocycles. The fourth-order valence-corrected chi connectivity index (χ4v) is 3.76. The van der Waals surface area contributed by atoms with E-state index in [1.807, 2.05) is 0 Å². The summed E-state index contributed by atoms with van der Waals surface area (Å²) in [6.45, 7) is 2.17. The number of carbonyl (C=O) groups excluding carboxylic acids is 1. The summed E-state index contributed by atoms with van der Waals surface area (Å²) < 4.78 is 120. The highest BCUT2D eigenvalue weighted by Crippen LogP contribution is 2.41. The second-order valence-electron chi connectivity index (χ2n) is 6.89. The summed E-state index contributed by atoms with van der Waals surface area (Å²) in [7, 11) is -3.43. The van der Waals surface area contributed by atoms with Crippen molar-refractivity contribution in [3.63, 3.8) is 0 Å². The molecule has 0 saturated carbocycles. The molecule has 0 aromatic carbocycles. The van der Waals surface area contributed by atoms with Crippen molar-refractivity contribution < 1.29 is 44.1 Å². The van der Waals surface area contributed by atoms with Crippen LogP contribution in [0.25, 0.3) is 0 Å². The predicted octanol–water partition coefficient (Wildman–Crippen LogP) is 5.17. The van der Waals surface area contributed by atoms with E-state index in [9.17, 15) is 39.7 Å². The molecule has 0 heterocycles. The Morgan fingerprint density at radius 2 is 1.59 bits per heavy atom. The van der Waals surface area contributed by atoms with E-state index in [-0.39, 0.29) is 17.1 Å². The lowest BCUT2D eigenvalue weighted by Gasteiger charge is -2.39. The third kappa shape index (κ3) is 7.06. The van der Waals surface area contributed by atoms with Gasteiger partial charge in [0, 0.05) is 19.4 Å². The first-order valence-electron chi connectivity index (χ1n) is 9.12. The van der Waals surface area contributed by atoms with Gasteiger partial charge in [-0.3, -0.25) is 13.5 Å². The lowest BCUT2D eigenvalue weighted by Crippen LogP contribution is -2.53. The molecule has 0 aromatic heterocycles. The molecule has 0 radical (unpaired) electrons. The minimum atomic E-state index is -5.37. The SMILES string of the molecule is CCC[C@H](F)C(F)[C@@H](F)C(C)C(C(=O)N(C)S(=O)C(F)(F)F)[C@@](F)(CC)CCF. The highest BCUT2D eigenvalue weighted by atomic mass is 32.2. The molecule has 0 aliphatic rings. The molecule has 0 rings (SSSR count). The van der Waals surface area contributed by atoms with Crippen LogP contribution in [-0.4, -0.2) is 57.8 Å². The largest absolute Gasteiger partial charge is 0.491 e. The van der Waals surface area contributed by atoms with Gasteiger partial charge in [-0.1, -0.05) is 27.2 Å². The van der Waals surface area contributed by atoms with Gasteiger partial charge in [-0.25, -0.2) is 21.8 Å². The molecule has 3 nitrogen and oxygen atoms in total. The van der Waals surface area contributed by atoms with Crippen molar-refractivity contribution in [2.24, 2.45) is 11.8 Å². The molecule has 0 N–H and O–H groups in total. The molecule has 0 bridgehead atoms. The Kier molecular flexibility index (Phi) is 11.1. The quantitative estimate of drug-likeness (QED) is 0.376. The summed E-state index contributed by atoms with van der Waals surface area (Å²) in [5, 5.41) is 0. The average molecular weight is 461 g/mol. The Hall–Kier alpha value is -0.940. The topological polar surface area (TPSA) is 37.4 Å². The van der Waals surface area contributed by atoms with Crippen molar-refractivity contribution in [2.45, 2.75) is 76.1 Å². The summed E-state index contributed by atoms with van der Waals surface area (Å²) in [5.74, 6) is -5.98. The van der Waals surface area contributed by atoms with Crippen molar-refractivity contribution in [1.82, 2.24) is 4.31 Å². The second-order valence-corrected chi connectivity index (χ2v) is 8.40. The maximum absolute atomic E-state index is 15.3. The Morgan fingerprint density at radius 1 is 1.07 bits per heavy atom. The zero-order valence-corrected chi connectivity index (χ0v) is 17.4. The van der Waals surface area contributed by atoms with Crippen LogP contribution in [-0.2, 0) is 15.8 Å². The highest BCUT2D eigenvalue weighted by Gasteiger charge is 2.53. The molecule has 0 aromatic rings. The normalized spacial score (nSPS) is 20.8. The van der Waals surface area contributed by atoms with E-state index in [4.69, 9.17) is 0 Å². The zero-order chi connectivity index (χ0) is 23.2. The monoisotopic (exact) mass is 461 g/mol. The third-order valence-electron chi connectivity index (χ3n) is 4.92. The van der Waals surface area contributed by atoms with Crippen LogP contribution < -0.4 is 0 Å². The van der Waals surface area contributed by atoms with Crippen LogP contribution in [0.3, 0.4) is 0 Å². The van der Waals surface area contributed by atoms with Gasteiger partial charge in [0.15, 0.2) is 6.17 Å². The molecular formula is C17H27F8NO2S.